The molecule has 0 rings (SSSR count). The quantitative estimate of drug-likeness (QED) is 0.416. The topological polar surface area (TPSA) is 40.7 Å². The molecule has 0 radical (unpaired) electrons. The molecule has 0 heterocycles. The van der Waals surface area contributed by atoms with E-state index in [1.54, 1.807) is 0 Å². The molecule has 0 atom stereocenters. The Morgan fingerprint density at radius 3 is 2.36 bits per heavy atom. The third kappa shape index (κ3) is 12.6. The highest BCUT2D eigenvalue weighted by molar-refractivity contribution is 4.49. The fourth-order valence-electron chi connectivity index (χ4n) is 0.872. The van der Waals surface area contributed by atoms with Crippen molar-refractivity contribution in [2.45, 2.75) is 39.0 Å². The summed E-state index contributed by atoms with van der Waals surface area (Å²) < 4.78 is 4.98. The van der Waals surface area contributed by atoms with Crippen LogP contribution in [0.4, 0.5) is 0 Å². The molecular weight excluding hydrogens is 140 g/mol. The fraction of sp³-hybridized carbons (Fsp3) is 0.778. The first kappa shape index (κ1) is 13.1. The summed E-state index contributed by atoms with van der Waals surface area (Å²) in [6, 6.07) is 0. The largest absolute Gasteiger partial charge is 0.502 e. The highest BCUT2D eigenvalue weighted by atomic mass is 16.5. The van der Waals surface area contributed by atoms with Gasteiger partial charge in [0.05, 0.1) is 12.9 Å². The molecule has 0 unspecified atom stereocenters. The van der Waals surface area contributed by atoms with Crippen LogP contribution in [-0.4, -0.2) is 12.1 Å². The van der Waals surface area contributed by atoms with Crippen molar-refractivity contribution in [1.82, 2.24) is 0 Å². The molecule has 0 bridgehead atoms. The summed E-state index contributed by atoms with van der Waals surface area (Å²) in [4.78, 5) is 0. The van der Waals surface area contributed by atoms with E-state index in [1.807, 2.05) is 0 Å². The minimum absolute atomic E-state index is 0. The average Bonchev–Trinajstić information content (AvgIpc) is 1.97. The summed E-state index contributed by atoms with van der Waals surface area (Å²) in [5.74, 6) is 0. The Morgan fingerprint density at radius 2 is 1.82 bits per heavy atom. The van der Waals surface area contributed by atoms with Crippen LogP contribution < -0.4 is 0 Å². The van der Waals surface area contributed by atoms with Crippen molar-refractivity contribution in [2.24, 2.45) is 0 Å². The van der Waals surface area contributed by atoms with E-state index in [9.17, 15) is 0 Å². The van der Waals surface area contributed by atoms with Crippen LogP contribution in [0.5, 0.6) is 0 Å². The lowest BCUT2D eigenvalue weighted by Gasteiger charge is -1.98. The van der Waals surface area contributed by atoms with Gasteiger partial charge in [-0.05, 0) is 6.42 Å². The minimum Gasteiger partial charge on any atom is -0.502 e. The Balaban J connectivity index is 0. The smallest absolute Gasteiger partial charge is 0.0873 e. The Morgan fingerprint density at radius 1 is 1.18 bits per heavy atom. The van der Waals surface area contributed by atoms with Crippen molar-refractivity contribution in [3.8, 4) is 0 Å². The molecule has 0 spiro atoms. The van der Waals surface area contributed by atoms with Gasteiger partial charge < -0.3 is 10.2 Å². The van der Waals surface area contributed by atoms with Gasteiger partial charge in [-0.2, -0.15) is 0 Å². The lowest BCUT2D eigenvalue weighted by Crippen LogP contribution is -1.86. The number of rotatable bonds is 7. The summed E-state index contributed by atoms with van der Waals surface area (Å²) >= 11 is 0. The standard InChI is InChI=1S/C9H18O.H2O/c1-3-5-6-7-8-9-10-4-2;/h4H,2-3,5-9H2,1H3;1H2. The van der Waals surface area contributed by atoms with E-state index in [0.717, 1.165) is 6.61 Å². The van der Waals surface area contributed by atoms with Crippen LogP contribution in [0, 0.1) is 0 Å². The van der Waals surface area contributed by atoms with Gasteiger partial charge in [0, 0.05) is 0 Å². The monoisotopic (exact) mass is 160 g/mol. The molecule has 2 N–H and O–H groups in total. The summed E-state index contributed by atoms with van der Waals surface area (Å²) in [7, 11) is 0. The second kappa shape index (κ2) is 12.2. The zero-order valence-corrected chi connectivity index (χ0v) is 7.44. The number of hydrogen-bond donors (Lipinski definition) is 0. The van der Waals surface area contributed by atoms with Crippen LogP contribution in [0.2, 0.25) is 0 Å². The van der Waals surface area contributed by atoms with E-state index in [4.69, 9.17) is 4.74 Å². The highest BCUT2D eigenvalue weighted by Crippen LogP contribution is 2.01. The highest BCUT2D eigenvalue weighted by Gasteiger charge is 1.86. The summed E-state index contributed by atoms with van der Waals surface area (Å²) in [5, 5.41) is 0. The molecule has 0 aromatic heterocycles. The molecule has 2 nitrogen and oxygen atoms in total. The maximum absolute atomic E-state index is 4.98. The Hall–Kier alpha value is -0.500. The first-order valence-electron chi connectivity index (χ1n) is 4.14. The SMILES string of the molecule is C=COCCCCCCC.O. The van der Waals surface area contributed by atoms with Crippen molar-refractivity contribution in [3.05, 3.63) is 12.8 Å². The van der Waals surface area contributed by atoms with Crippen LogP contribution >= 0.6 is 0 Å². The molecule has 0 aliphatic carbocycles. The van der Waals surface area contributed by atoms with Gasteiger partial charge in [0.25, 0.3) is 0 Å². The third-order valence-corrected chi connectivity index (χ3v) is 1.48. The predicted octanol–water partition coefficient (Wildman–Crippen LogP) is 2.29. The summed E-state index contributed by atoms with van der Waals surface area (Å²) in [5.41, 5.74) is 0. The van der Waals surface area contributed by atoms with Crippen LogP contribution in [-0.2, 0) is 4.74 Å². The zero-order chi connectivity index (χ0) is 7.66. The summed E-state index contributed by atoms with van der Waals surface area (Å²) in [6.45, 7) is 6.54. The Labute approximate surface area is 69.6 Å². The molecule has 0 fully saturated rings. The van der Waals surface area contributed by atoms with Gasteiger partial charge in [0.1, 0.15) is 0 Å². The lowest BCUT2D eigenvalue weighted by molar-refractivity contribution is 0.242. The third-order valence-electron chi connectivity index (χ3n) is 1.48. The van der Waals surface area contributed by atoms with Crippen molar-refractivity contribution < 1.29 is 10.2 Å². The van der Waals surface area contributed by atoms with E-state index < -0.39 is 0 Å². The van der Waals surface area contributed by atoms with Gasteiger partial charge in [-0.1, -0.05) is 39.2 Å². The maximum atomic E-state index is 4.98. The lowest BCUT2D eigenvalue weighted by atomic mass is 10.2. The molecule has 0 saturated carbocycles. The normalized spacial score (nSPS) is 8.45. The van der Waals surface area contributed by atoms with Crippen molar-refractivity contribution in [1.29, 1.82) is 0 Å². The van der Waals surface area contributed by atoms with E-state index >= 15 is 0 Å². The molecule has 11 heavy (non-hydrogen) atoms. The van der Waals surface area contributed by atoms with Gasteiger partial charge in [-0.15, -0.1) is 0 Å². The molecular formula is C9H20O2. The van der Waals surface area contributed by atoms with Gasteiger partial charge in [-0.3, -0.25) is 0 Å². The van der Waals surface area contributed by atoms with E-state index in [2.05, 4.69) is 13.5 Å². The first-order valence-corrected chi connectivity index (χ1v) is 4.14. The molecule has 0 aliphatic heterocycles. The van der Waals surface area contributed by atoms with Gasteiger partial charge in [0.15, 0.2) is 0 Å². The van der Waals surface area contributed by atoms with Gasteiger partial charge in [0.2, 0.25) is 0 Å². The van der Waals surface area contributed by atoms with Gasteiger partial charge in [-0.25, -0.2) is 0 Å². The predicted molar refractivity (Wildman–Crippen MR) is 48.5 cm³/mol. The van der Waals surface area contributed by atoms with E-state index in [0.29, 0.717) is 0 Å². The van der Waals surface area contributed by atoms with Crippen molar-refractivity contribution in [3.63, 3.8) is 0 Å². The fourth-order valence-corrected chi connectivity index (χ4v) is 0.872. The molecule has 2 heteroatoms. The number of unbranched alkanes of at least 4 members (excludes halogenated alkanes) is 4. The Kier molecular flexibility index (Phi) is 14.5. The molecule has 0 saturated heterocycles. The van der Waals surface area contributed by atoms with Crippen molar-refractivity contribution in [2.75, 3.05) is 6.61 Å². The second-order valence-corrected chi connectivity index (χ2v) is 2.45. The molecule has 0 amide bonds. The second-order valence-electron chi connectivity index (χ2n) is 2.45. The molecule has 0 aromatic rings. The zero-order valence-electron chi connectivity index (χ0n) is 7.44. The van der Waals surface area contributed by atoms with E-state index in [1.165, 1.54) is 38.4 Å². The molecule has 68 valence electrons. The van der Waals surface area contributed by atoms with Crippen molar-refractivity contribution >= 4 is 0 Å². The van der Waals surface area contributed by atoms with Crippen LogP contribution in [0.25, 0.3) is 0 Å². The van der Waals surface area contributed by atoms with Crippen LogP contribution in [0.15, 0.2) is 12.8 Å². The van der Waals surface area contributed by atoms with Gasteiger partial charge >= 0.3 is 0 Å². The first-order chi connectivity index (χ1) is 4.91. The molecule has 0 aromatic carbocycles. The average molecular weight is 160 g/mol. The Bertz CT molecular complexity index is 72.0. The molecule has 0 aliphatic rings. The van der Waals surface area contributed by atoms with E-state index in [-0.39, 0.29) is 5.48 Å². The van der Waals surface area contributed by atoms with Crippen LogP contribution in [0.3, 0.4) is 0 Å². The number of hydrogen-bond acceptors (Lipinski definition) is 1. The maximum Gasteiger partial charge on any atom is 0.0873 e. The summed E-state index contributed by atoms with van der Waals surface area (Å²) in [6.07, 6.45) is 7.99. The number of ether oxygens (including phenoxy) is 1. The minimum atomic E-state index is 0. The van der Waals surface area contributed by atoms with Crippen LogP contribution in [0.1, 0.15) is 39.0 Å².